The number of aromatic nitrogens is 2. The van der Waals surface area contributed by atoms with Crippen LogP contribution in [0.2, 0.25) is 0 Å². The molecule has 25 heavy (non-hydrogen) atoms. The molecular formula is C22H20N2O. The van der Waals surface area contributed by atoms with E-state index in [1.807, 2.05) is 0 Å². The normalized spacial score (nSPS) is 13.8. The highest BCUT2D eigenvalue weighted by Crippen LogP contribution is 2.38. The van der Waals surface area contributed by atoms with Crippen molar-refractivity contribution in [2.75, 3.05) is 0 Å². The lowest BCUT2D eigenvalue weighted by Crippen LogP contribution is -2.09. The van der Waals surface area contributed by atoms with E-state index in [0.717, 1.165) is 0 Å². The van der Waals surface area contributed by atoms with Crippen molar-refractivity contribution in [3.05, 3.63) is 93.7 Å². The van der Waals surface area contributed by atoms with Crippen molar-refractivity contribution in [1.82, 2.24) is 9.97 Å². The van der Waals surface area contributed by atoms with Crippen LogP contribution in [0.3, 0.4) is 0 Å². The molecule has 2 aromatic carbocycles. The average molecular weight is 328 g/mol. The second-order valence-corrected chi connectivity index (χ2v) is 6.36. The largest absolute Gasteiger partial charge is 0.313 e. The summed E-state index contributed by atoms with van der Waals surface area (Å²) in [6.07, 6.45) is 12.2. The minimum Gasteiger partial charge on any atom is -0.313 e. The van der Waals surface area contributed by atoms with Gasteiger partial charge in [-0.2, -0.15) is 0 Å². The topological polar surface area (TPSA) is 45.8 Å². The van der Waals surface area contributed by atoms with Gasteiger partial charge in [-0.25, -0.2) is 4.98 Å². The number of fused-ring (bicyclic) bond motifs is 5. The number of H-pyrrole nitrogens is 1. The number of rotatable bonds is 0. The van der Waals surface area contributed by atoms with Crippen molar-refractivity contribution in [3.8, 4) is 11.1 Å². The van der Waals surface area contributed by atoms with Gasteiger partial charge in [0, 0.05) is 12.3 Å². The summed E-state index contributed by atoms with van der Waals surface area (Å²) in [6.45, 7) is 0. The summed E-state index contributed by atoms with van der Waals surface area (Å²) < 4.78 is 0. The van der Waals surface area contributed by atoms with Crippen molar-refractivity contribution in [2.24, 2.45) is 0 Å². The Bertz CT molecular complexity index is 968. The zero-order valence-electron chi connectivity index (χ0n) is 14.0. The van der Waals surface area contributed by atoms with Crippen molar-refractivity contribution in [1.29, 1.82) is 0 Å². The van der Waals surface area contributed by atoms with E-state index in [1.54, 1.807) is 11.1 Å². The molecular weight excluding hydrogens is 308 g/mol. The molecule has 3 aromatic rings. The highest BCUT2D eigenvalue weighted by Gasteiger charge is 2.20. The molecule has 0 unspecified atom stereocenters. The van der Waals surface area contributed by atoms with Gasteiger partial charge < -0.3 is 4.98 Å². The number of aromatic amines is 1. The highest BCUT2D eigenvalue weighted by atomic mass is 16.1. The van der Waals surface area contributed by atoms with E-state index in [2.05, 4.69) is 58.5 Å². The first-order valence-electron chi connectivity index (χ1n) is 8.71. The van der Waals surface area contributed by atoms with Crippen LogP contribution < -0.4 is 5.56 Å². The zero-order chi connectivity index (χ0) is 17.1. The Morgan fingerprint density at radius 1 is 0.880 bits per heavy atom. The van der Waals surface area contributed by atoms with Gasteiger partial charge in [-0.05, 0) is 59.1 Å². The molecule has 3 nitrogen and oxygen atoms in total. The Balaban J connectivity index is 0.000000190. The van der Waals surface area contributed by atoms with Crippen molar-refractivity contribution >= 4 is 6.08 Å². The van der Waals surface area contributed by atoms with E-state index >= 15 is 0 Å². The first-order chi connectivity index (χ1) is 12.3. The molecule has 124 valence electrons. The highest BCUT2D eigenvalue weighted by molar-refractivity contribution is 5.77. The monoisotopic (exact) mass is 328 g/mol. The fourth-order valence-electron chi connectivity index (χ4n) is 3.70. The molecule has 0 amide bonds. The molecule has 0 saturated carbocycles. The third kappa shape index (κ3) is 3.18. The van der Waals surface area contributed by atoms with Gasteiger partial charge in [0.2, 0.25) is 0 Å². The third-order valence-corrected chi connectivity index (χ3v) is 4.87. The minimum absolute atomic E-state index is 0.116. The molecule has 3 heteroatoms. The van der Waals surface area contributed by atoms with Crippen LogP contribution in [-0.4, -0.2) is 9.97 Å². The minimum atomic E-state index is -0.116. The lowest BCUT2D eigenvalue weighted by Gasteiger charge is -2.25. The summed E-state index contributed by atoms with van der Waals surface area (Å²) in [6, 6.07) is 14.8. The van der Waals surface area contributed by atoms with Gasteiger partial charge in [0.1, 0.15) is 0 Å². The van der Waals surface area contributed by atoms with Crippen LogP contribution in [0, 0.1) is 0 Å². The number of hydrogen-bond donors (Lipinski definition) is 1. The number of aryl methyl sites for hydroxylation is 1. The molecule has 2 aliphatic carbocycles. The van der Waals surface area contributed by atoms with E-state index in [1.165, 1.54) is 66.5 Å². The molecule has 0 radical (unpaired) electrons. The number of nitrogens with zero attached hydrogens (tertiary/aromatic N) is 1. The van der Waals surface area contributed by atoms with Gasteiger partial charge in [0.05, 0.1) is 6.33 Å². The van der Waals surface area contributed by atoms with Crippen LogP contribution in [0.4, 0.5) is 0 Å². The quantitative estimate of drug-likeness (QED) is 0.673. The maximum absolute atomic E-state index is 10.2. The van der Waals surface area contributed by atoms with E-state index < -0.39 is 0 Å². The van der Waals surface area contributed by atoms with Crippen molar-refractivity contribution in [3.63, 3.8) is 0 Å². The molecule has 0 spiro atoms. The van der Waals surface area contributed by atoms with Crippen LogP contribution in [0.15, 0.2) is 65.9 Å². The van der Waals surface area contributed by atoms with Crippen LogP contribution >= 0.6 is 0 Å². The number of nitrogens with one attached hydrogen (secondary N) is 1. The number of benzene rings is 2. The van der Waals surface area contributed by atoms with Gasteiger partial charge in [0.25, 0.3) is 5.56 Å². The van der Waals surface area contributed by atoms with Crippen molar-refractivity contribution < 1.29 is 0 Å². The second kappa shape index (κ2) is 6.89. The Morgan fingerprint density at radius 3 is 2.60 bits per heavy atom. The van der Waals surface area contributed by atoms with Crippen LogP contribution in [0.5, 0.6) is 0 Å². The van der Waals surface area contributed by atoms with E-state index in [4.69, 9.17) is 0 Å². The van der Waals surface area contributed by atoms with Gasteiger partial charge in [-0.1, -0.05) is 48.6 Å². The van der Waals surface area contributed by atoms with Gasteiger partial charge in [0.15, 0.2) is 0 Å². The Morgan fingerprint density at radius 2 is 1.80 bits per heavy atom. The number of hydrogen-bond acceptors (Lipinski definition) is 2. The maximum atomic E-state index is 10.2. The fraction of sp³-hybridized carbons (Fsp3) is 0.182. The second-order valence-electron chi connectivity index (χ2n) is 6.36. The lowest BCUT2D eigenvalue weighted by atomic mass is 9.80. The molecule has 0 fully saturated rings. The standard InChI is InChI=1S/C18H16.C4H4N2O/c1-3-7-15-13(5-1)9-11-18-16-8-4-2-6-14(16)10-12-17(15)18;7-4-1-2-5-3-6-4/h1-3,5-7,10,12H,4,8-9,11H2;1-3H,(H,5,6,7). The van der Waals surface area contributed by atoms with Crippen LogP contribution in [0.1, 0.15) is 28.7 Å². The van der Waals surface area contributed by atoms with Gasteiger partial charge in [-0.15, -0.1) is 0 Å². The van der Waals surface area contributed by atoms with E-state index in [9.17, 15) is 4.79 Å². The molecule has 1 heterocycles. The summed E-state index contributed by atoms with van der Waals surface area (Å²) >= 11 is 0. The summed E-state index contributed by atoms with van der Waals surface area (Å²) in [7, 11) is 0. The van der Waals surface area contributed by atoms with Crippen LogP contribution in [0.25, 0.3) is 17.2 Å². The van der Waals surface area contributed by atoms with Crippen LogP contribution in [-0.2, 0) is 19.3 Å². The zero-order valence-corrected chi connectivity index (χ0v) is 14.0. The summed E-state index contributed by atoms with van der Waals surface area (Å²) in [4.78, 5) is 16.1. The molecule has 5 rings (SSSR count). The molecule has 0 saturated heterocycles. The SMILES string of the molecule is C1=Cc2ccc3c(c2CC1)CCc1ccccc1-3.O=c1ccnc[nH]1. The predicted molar refractivity (Wildman–Crippen MR) is 101 cm³/mol. The lowest BCUT2D eigenvalue weighted by molar-refractivity contribution is 0.887. The fourth-order valence-corrected chi connectivity index (χ4v) is 3.70. The van der Waals surface area contributed by atoms with Gasteiger partial charge in [-0.3, -0.25) is 4.79 Å². The smallest absolute Gasteiger partial charge is 0.250 e. The molecule has 0 atom stereocenters. The van der Waals surface area contributed by atoms with Crippen molar-refractivity contribution in [2.45, 2.75) is 25.7 Å². The molecule has 1 aromatic heterocycles. The Kier molecular flexibility index (Phi) is 4.30. The van der Waals surface area contributed by atoms with Gasteiger partial charge >= 0.3 is 0 Å². The third-order valence-electron chi connectivity index (χ3n) is 4.87. The average Bonchev–Trinajstić information content (AvgIpc) is 2.68. The molecule has 2 aliphatic rings. The molecule has 1 N–H and O–H groups in total. The number of allylic oxidation sites excluding steroid dienone is 1. The first kappa shape index (κ1) is 15.6. The Labute approximate surface area is 147 Å². The molecule has 0 aliphatic heterocycles. The van der Waals surface area contributed by atoms with E-state index in [-0.39, 0.29) is 5.56 Å². The molecule has 0 bridgehead atoms. The summed E-state index contributed by atoms with van der Waals surface area (Å²) in [5.74, 6) is 0. The summed E-state index contributed by atoms with van der Waals surface area (Å²) in [5.41, 5.74) is 8.98. The Hall–Kier alpha value is -2.94. The first-order valence-corrected chi connectivity index (χ1v) is 8.71. The predicted octanol–water partition coefficient (Wildman–Crippen LogP) is 4.18. The maximum Gasteiger partial charge on any atom is 0.250 e. The summed E-state index contributed by atoms with van der Waals surface area (Å²) in [5, 5.41) is 0. The van der Waals surface area contributed by atoms with E-state index in [0.29, 0.717) is 0 Å².